The fraction of sp³-hybridized carbons (Fsp3) is 0.500. The minimum Gasteiger partial charge on any atom is -0.490 e. The molecular formula is C16H21NO5. The molecule has 0 spiro atoms. The van der Waals surface area contributed by atoms with Gasteiger partial charge in [0.1, 0.15) is 5.78 Å². The number of hydrogen-bond donors (Lipinski definition) is 1. The summed E-state index contributed by atoms with van der Waals surface area (Å²) in [7, 11) is 0. The standard InChI is InChI=1S/C16H21NO5/c1-4-13-16(20)17(8-10(3)19)12-6-11(9-18)7-14(21-5-2)15(12)22-13/h6-7,13,18H,4-5,8-9H2,1-3H3. The van der Waals surface area contributed by atoms with E-state index in [1.807, 2.05) is 13.8 Å². The molecule has 1 unspecified atom stereocenters. The highest BCUT2D eigenvalue weighted by Crippen LogP contribution is 2.43. The minimum absolute atomic E-state index is 0.0217. The van der Waals surface area contributed by atoms with Gasteiger partial charge >= 0.3 is 0 Å². The fourth-order valence-corrected chi connectivity index (χ4v) is 2.44. The average Bonchev–Trinajstić information content (AvgIpc) is 2.49. The quantitative estimate of drug-likeness (QED) is 0.865. The zero-order valence-electron chi connectivity index (χ0n) is 13.1. The number of Topliss-reactive ketones (excluding diaryl/α,β-unsaturated/α-hetero) is 1. The first kappa shape index (κ1) is 16.3. The van der Waals surface area contributed by atoms with Gasteiger partial charge in [0.15, 0.2) is 17.6 Å². The molecule has 1 heterocycles. The van der Waals surface area contributed by atoms with Crippen LogP contribution < -0.4 is 14.4 Å². The van der Waals surface area contributed by atoms with E-state index in [2.05, 4.69) is 0 Å². The van der Waals surface area contributed by atoms with Crippen molar-refractivity contribution in [1.82, 2.24) is 0 Å². The summed E-state index contributed by atoms with van der Waals surface area (Å²) in [6.45, 7) is 5.35. The zero-order valence-corrected chi connectivity index (χ0v) is 13.1. The van der Waals surface area contributed by atoms with Crippen LogP contribution in [-0.4, -0.2) is 36.1 Å². The molecule has 1 aromatic rings. The number of nitrogens with zero attached hydrogens (tertiary/aromatic N) is 1. The van der Waals surface area contributed by atoms with Crippen molar-refractivity contribution in [2.75, 3.05) is 18.1 Å². The third-order valence-electron chi connectivity index (χ3n) is 3.42. The van der Waals surface area contributed by atoms with Gasteiger partial charge in [0.05, 0.1) is 25.4 Å². The van der Waals surface area contributed by atoms with Crippen molar-refractivity contribution in [2.24, 2.45) is 0 Å². The Morgan fingerprint density at radius 1 is 1.41 bits per heavy atom. The molecule has 1 aromatic carbocycles. The lowest BCUT2D eigenvalue weighted by Crippen LogP contribution is -2.47. The third kappa shape index (κ3) is 3.06. The van der Waals surface area contributed by atoms with Gasteiger partial charge in [-0.25, -0.2) is 0 Å². The molecule has 0 saturated heterocycles. The van der Waals surface area contributed by atoms with E-state index in [1.54, 1.807) is 12.1 Å². The first-order valence-corrected chi connectivity index (χ1v) is 7.39. The summed E-state index contributed by atoms with van der Waals surface area (Å²) in [4.78, 5) is 25.4. The second-order valence-electron chi connectivity index (χ2n) is 5.17. The molecule has 0 radical (unpaired) electrons. The molecule has 0 aromatic heterocycles. The van der Waals surface area contributed by atoms with Gasteiger partial charge in [0.25, 0.3) is 5.91 Å². The van der Waals surface area contributed by atoms with Gasteiger partial charge in [-0.15, -0.1) is 0 Å². The van der Waals surface area contributed by atoms with E-state index in [1.165, 1.54) is 11.8 Å². The lowest BCUT2D eigenvalue weighted by atomic mass is 10.1. The first-order chi connectivity index (χ1) is 10.5. The van der Waals surface area contributed by atoms with E-state index in [0.29, 0.717) is 35.8 Å². The summed E-state index contributed by atoms with van der Waals surface area (Å²) in [6, 6.07) is 3.35. The van der Waals surface area contributed by atoms with Crippen molar-refractivity contribution in [2.45, 2.75) is 39.9 Å². The number of aliphatic hydroxyl groups excluding tert-OH is 1. The topological polar surface area (TPSA) is 76.1 Å². The Kier molecular flexibility index (Phi) is 5.03. The average molecular weight is 307 g/mol. The maximum absolute atomic E-state index is 12.5. The van der Waals surface area contributed by atoms with Gasteiger partial charge in [-0.2, -0.15) is 0 Å². The van der Waals surface area contributed by atoms with Crippen LogP contribution in [0.5, 0.6) is 11.5 Å². The fourth-order valence-electron chi connectivity index (χ4n) is 2.44. The van der Waals surface area contributed by atoms with Crippen LogP contribution in [0.2, 0.25) is 0 Å². The van der Waals surface area contributed by atoms with Crippen LogP contribution in [-0.2, 0) is 16.2 Å². The lowest BCUT2D eigenvalue weighted by Gasteiger charge is -2.34. The summed E-state index contributed by atoms with van der Waals surface area (Å²) in [5.41, 5.74) is 1.07. The summed E-state index contributed by atoms with van der Waals surface area (Å²) in [5.74, 6) is 0.557. The predicted molar refractivity (Wildman–Crippen MR) is 81.3 cm³/mol. The first-order valence-electron chi connectivity index (χ1n) is 7.39. The molecule has 0 aliphatic carbocycles. The van der Waals surface area contributed by atoms with Crippen LogP contribution in [0.1, 0.15) is 32.8 Å². The number of carbonyl (C=O) groups is 2. The zero-order chi connectivity index (χ0) is 16.3. The highest BCUT2D eigenvalue weighted by molar-refractivity contribution is 6.04. The predicted octanol–water partition coefficient (Wildman–Crippen LogP) is 1.67. The molecule has 1 aliphatic heterocycles. The smallest absolute Gasteiger partial charge is 0.268 e. The molecule has 6 heteroatoms. The second-order valence-corrected chi connectivity index (χ2v) is 5.17. The number of benzene rings is 1. The van der Waals surface area contributed by atoms with E-state index in [4.69, 9.17) is 9.47 Å². The molecule has 1 atom stereocenters. The second kappa shape index (κ2) is 6.79. The SMILES string of the molecule is CCOc1cc(CO)cc2c1OC(CC)C(=O)N2CC(C)=O. The molecule has 0 fully saturated rings. The molecule has 120 valence electrons. The Balaban J connectivity index is 2.57. The number of carbonyl (C=O) groups excluding carboxylic acids is 2. The number of anilines is 1. The van der Waals surface area contributed by atoms with Gasteiger partial charge in [-0.3, -0.25) is 14.5 Å². The van der Waals surface area contributed by atoms with Gasteiger partial charge in [0.2, 0.25) is 0 Å². The van der Waals surface area contributed by atoms with Crippen LogP contribution in [0.4, 0.5) is 5.69 Å². The molecule has 2 rings (SSSR count). The number of ether oxygens (including phenoxy) is 2. The summed E-state index contributed by atoms with van der Waals surface area (Å²) < 4.78 is 11.3. The maximum Gasteiger partial charge on any atom is 0.268 e. The lowest BCUT2D eigenvalue weighted by molar-refractivity contribution is -0.128. The highest BCUT2D eigenvalue weighted by Gasteiger charge is 2.36. The molecule has 6 nitrogen and oxygen atoms in total. The Morgan fingerprint density at radius 3 is 2.68 bits per heavy atom. The van der Waals surface area contributed by atoms with Crippen LogP contribution in [0, 0.1) is 0 Å². The molecule has 1 amide bonds. The Hall–Kier alpha value is -2.08. The van der Waals surface area contributed by atoms with Gasteiger partial charge in [-0.05, 0) is 38.0 Å². The van der Waals surface area contributed by atoms with E-state index in [9.17, 15) is 14.7 Å². The molecular weight excluding hydrogens is 286 g/mol. The number of amides is 1. The van der Waals surface area contributed by atoms with E-state index < -0.39 is 6.10 Å². The van der Waals surface area contributed by atoms with Crippen molar-refractivity contribution in [3.8, 4) is 11.5 Å². The van der Waals surface area contributed by atoms with Gasteiger partial charge < -0.3 is 14.6 Å². The van der Waals surface area contributed by atoms with Crippen LogP contribution in [0.15, 0.2) is 12.1 Å². The van der Waals surface area contributed by atoms with E-state index in [-0.39, 0.29) is 24.8 Å². The molecule has 1 N–H and O–H groups in total. The molecule has 22 heavy (non-hydrogen) atoms. The van der Waals surface area contributed by atoms with Crippen molar-refractivity contribution >= 4 is 17.4 Å². The molecule has 0 saturated carbocycles. The maximum atomic E-state index is 12.5. The van der Waals surface area contributed by atoms with E-state index in [0.717, 1.165) is 0 Å². The Labute approximate surface area is 129 Å². The molecule has 1 aliphatic rings. The van der Waals surface area contributed by atoms with Crippen LogP contribution >= 0.6 is 0 Å². The normalized spacial score (nSPS) is 17.0. The van der Waals surface area contributed by atoms with Crippen molar-refractivity contribution in [3.63, 3.8) is 0 Å². The third-order valence-corrected chi connectivity index (χ3v) is 3.42. The minimum atomic E-state index is -0.633. The Morgan fingerprint density at radius 2 is 2.14 bits per heavy atom. The summed E-state index contributed by atoms with van der Waals surface area (Å²) in [6.07, 6.45) is -0.133. The van der Waals surface area contributed by atoms with Gasteiger partial charge in [0, 0.05) is 0 Å². The van der Waals surface area contributed by atoms with Crippen molar-refractivity contribution < 1.29 is 24.2 Å². The molecule has 0 bridgehead atoms. The number of hydrogen-bond acceptors (Lipinski definition) is 5. The summed E-state index contributed by atoms with van der Waals surface area (Å²) in [5, 5.41) is 9.40. The van der Waals surface area contributed by atoms with Crippen LogP contribution in [0.25, 0.3) is 0 Å². The van der Waals surface area contributed by atoms with E-state index >= 15 is 0 Å². The number of fused-ring (bicyclic) bond motifs is 1. The van der Waals surface area contributed by atoms with Crippen molar-refractivity contribution in [3.05, 3.63) is 17.7 Å². The van der Waals surface area contributed by atoms with Crippen LogP contribution in [0.3, 0.4) is 0 Å². The Bertz CT molecular complexity index is 584. The number of ketones is 1. The number of aliphatic hydroxyl groups is 1. The largest absolute Gasteiger partial charge is 0.490 e. The van der Waals surface area contributed by atoms with Gasteiger partial charge in [-0.1, -0.05) is 6.92 Å². The monoisotopic (exact) mass is 307 g/mol. The summed E-state index contributed by atoms with van der Waals surface area (Å²) >= 11 is 0. The van der Waals surface area contributed by atoms with Crippen molar-refractivity contribution in [1.29, 1.82) is 0 Å². The highest BCUT2D eigenvalue weighted by atomic mass is 16.5. The number of rotatable bonds is 6.